The van der Waals surface area contributed by atoms with Crippen molar-refractivity contribution in [3.63, 3.8) is 0 Å². The summed E-state index contributed by atoms with van der Waals surface area (Å²) in [6.07, 6.45) is 4.39. The number of rotatable bonds is 10. The van der Waals surface area contributed by atoms with E-state index in [2.05, 4.69) is 20.9 Å². The van der Waals surface area contributed by atoms with Crippen LogP contribution in [0, 0.1) is 0 Å². The summed E-state index contributed by atoms with van der Waals surface area (Å²) in [6, 6.07) is 31.7. The lowest BCUT2D eigenvalue weighted by Crippen LogP contribution is -2.30. The van der Waals surface area contributed by atoms with Crippen molar-refractivity contribution in [2.75, 3.05) is 10.6 Å². The molecule has 0 aliphatic carbocycles. The second-order valence-electron chi connectivity index (χ2n) is 9.14. The molecule has 1 atom stereocenters. The molecule has 5 rings (SSSR count). The van der Waals surface area contributed by atoms with Crippen LogP contribution < -0.4 is 16.0 Å². The number of furan rings is 1. The van der Waals surface area contributed by atoms with E-state index in [0.29, 0.717) is 27.9 Å². The van der Waals surface area contributed by atoms with Crippen LogP contribution in [-0.2, 0) is 9.59 Å². The van der Waals surface area contributed by atoms with Crippen molar-refractivity contribution in [1.29, 1.82) is 0 Å². The van der Waals surface area contributed by atoms with Crippen molar-refractivity contribution < 1.29 is 18.8 Å². The molecule has 2 aromatic heterocycles. The highest BCUT2D eigenvalue weighted by atomic mass is 35.5. The fourth-order valence-corrected chi connectivity index (χ4v) is 5.18. The topological polar surface area (TPSA) is 113 Å². The molecule has 0 bridgehead atoms. The summed E-state index contributed by atoms with van der Waals surface area (Å²) in [5.74, 6) is -0.480. The van der Waals surface area contributed by atoms with E-state index in [1.807, 2.05) is 36.4 Å². The number of carbonyl (C=O) groups is 3. The highest BCUT2D eigenvalue weighted by Gasteiger charge is 2.23. The summed E-state index contributed by atoms with van der Waals surface area (Å²) in [5, 5.41) is 8.21. The zero-order valence-corrected chi connectivity index (χ0v) is 24.1. The first-order valence-electron chi connectivity index (χ1n) is 13.1. The van der Waals surface area contributed by atoms with Crippen molar-refractivity contribution in [3.05, 3.63) is 149 Å². The van der Waals surface area contributed by atoms with Crippen molar-refractivity contribution >= 4 is 58.7 Å². The number of aromatic nitrogens is 1. The Morgan fingerprint density at radius 3 is 2.30 bits per heavy atom. The number of benzene rings is 3. The fraction of sp³-hybridized carbons (Fsp3) is 0.0303. The monoisotopic (exact) mass is 608 g/mol. The van der Waals surface area contributed by atoms with Crippen LogP contribution in [0.3, 0.4) is 0 Å². The summed E-state index contributed by atoms with van der Waals surface area (Å²) in [7, 11) is 0. The van der Waals surface area contributed by atoms with Gasteiger partial charge in [-0.1, -0.05) is 66.2 Å². The van der Waals surface area contributed by atoms with Gasteiger partial charge < -0.3 is 20.4 Å². The summed E-state index contributed by atoms with van der Waals surface area (Å²) < 4.78 is 5.37. The van der Waals surface area contributed by atoms with Gasteiger partial charge in [0.1, 0.15) is 22.5 Å². The molecule has 3 aromatic carbocycles. The molecule has 0 aliphatic heterocycles. The van der Waals surface area contributed by atoms with Gasteiger partial charge in [0, 0.05) is 28.4 Å². The Labute approximate surface area is 257 Å². The number of carbonyl (C=O) groups excluding carboxylic acids is 3. The number of hydrogen-bond acceptors (Lipinski definition) is 6. The van der Waals surface area contributed by atoms with E-state index < -0.39 is 17.1 Å². The lowest BCUT2D eigenvalue weighted by Gasteiger charge is -2.17. The smallest absolute Gasteiger partial charge is 0.272 e. The third kappa shape index (κ3) is 8.22. The molecule has 0 aliphatic rings. The van der Waals surface area contributed by atoms with Crippen LogP contribution in [0.1, 0.15) is 26.9 Å². The Bertz CT molecular complexity index is 1730. The summed E-state index contributed by atoms with van der Waals surface area (Å²) in [6.45, 7) is 0. The maximum Gasteiger partial charge on any atom is 0.272 e. The largest absolute Gasteiger partial charge is 0.465 e. The molecule has 3 amide bonds. The molecule has 0 saturated heterocycles. The molecule has 0 fully saturated rings. The minimum absolute atomic E-state index is 0.00105. The van der Waals surface area contributed by atoms with Gasteiger partial charge >= 0.3 is 0 Å². The third-order valence-electron chi connectivity index (χ3n) is 6.02. The summed E-state index contributed by atoms with van der Waals surface area (Å²) >= 11 is 7.25. The van der Waals surface area contributed by atoms with Gasteiger partial charge in [-0.05, 0) is 60.2 Å². The van der Waals surface area contributed by atoms with Crippen LogP contribution in [0.5, 0.6) is 0 Å². The highest BCUT2D eigenvalue weighted by Crippen LogP contribution is 2.37. The number of thioether (sulfide) groups is 1. The molecule has 8 nitrogen and oxygen atoms in total. The lowest BCUT2D eigenvalue weighted by atomic mass is 10.1. The van der Waals surface area contributed by atoms with Crippen LogP contribution in [0.4, 0.5) is 11.5 Å². The molecular weight excluding hydrogens is 584 g/mol. The molecule has 10 heteroatoms. The predicted octanol–water partition coefficient (Wildman–Crippen LogP) is 7.21. The second kappa shape index (κ2) is 14.2. The van der Waals surface area contributed by atoms with Gasteiger partial charge in [-0.3, -0.25) is 14.4 Å². The number of nitrogens with zero attached hydrogens (tertiary/aromatic N) is 1. The minimum atomic E-state index is -0.621. The predicted molar refractivity (Wildman–Crippen MR) is 169 cm³/mol. The van der Waals surface area contributed by atoms with E-state index in [0.717, 1.165) is 10.5 Å². The Morgan fingerprint density at radius 1 is 0.837 bits per heavy atom. The van der Waals surface area contributed by atoms with E-state index in [1.165, 1.54) is 30.3 Å². The molecule has 214 valence electrons. The first kappa shape index (κ1) is 29.4. The highest BCUT2D eigenvalue weighted by molar-refractivity contribution is 8.00. The Kier molecular flexibility index (Phi) is 9.68. The third-order valence-corrected chi connectivity index (χ3v) is 7.50. The Morgan fingerprint density at radius 2 is 1.60 bits per heavy atom. The minimum Gasteiger partial charge on any atom is -0.465 e. The van der Waals surface area contributed by atoms with Crippen molar-refractivity contribution in [2.45, 2.75) is 10.1 Å². The maximum atomic E-state index is 13.4. The van der Waals surface area contributed by atoms with Gasteiger partial charge in [0.25, 0.3) is 11.8 Å². The van der Waals surface area contributed by atoms with E-state index in [1.54, 1.807) is 72.8 Å². The fourth-order valence-electron chi connectivity index (χ4n) is 3.98. The van der Waals surface area contributed by atoms with Gasteiger partial charge in [-0.25, -0.2) is 4.98 Å². The number of pyridine rings is 1. The van der Waals surface area contributed by atoms with Gasteiger partial charge in [-0.15, -0.1) is 11.8 Å². The van der Waals surface area contributed by atoms with E-state index in [9.17, 15) is 14.4 Å². The number of hydrogen-bond donors (Lipinski definition) is 3. The molecule has 0 spiro atoms. The zero-order valence-electron chi connectivity index (χ0n) is 22.6. The molecule has 3 N–H and O–H groups in total. The van der Waals surface area contributed by atoms with Crippen molar-refractivity contribution in [2.24, 2.45) is 0 Å². The SMILES string of the molecule is O=C(Nc1cccc(SC(C(=O)Nc2ccc(Cl)cn2)c2ccccc2)c1)/C(=C/c1ccco1)NC(=O)c1ccccc1. The Hall–Kier alpha value is -5.12. The maximum absolute atomic E-state index is 13.4. The molecule has 43 heavy (non-hydrogen) atoms. The van der Waals surface area contributed by atoms with Crippen LogP contribution >= 0.6 is 23.4 Å². The van der Waals surface area contributed by atoms with E-state index in [-0.39, 0.29) is 11.6 Å². The van der Waals surface area contributed by atoms with Crippen LogP contribution in [0.25, 0.3) is 6.08 Å². The molecule has 0 radical (unpaired) electrons. The van der Waals surface area contributed by atoms with Crippen LogP contribution in [0.2, 0.25) is 5.02 Å². The quantitative estimate of drug-likeness (QED) is 0.114. The van der Waals surface area contributed by atoms with Crippen LogP contribution in [-0.4, -0.2) is 22.7 Å². The van der Waals surface area contributed by atoms with Gasteiger partial charge in [0.15, 0.2) is 0 Å². The summed E-state index contributed by atoms with van der Waals surface area (Å²) in [4.78, 5) is 44.5. The molecule has 1 unspecified atom stereocenters. The van der Waals surface area contributed by atoms with Gasteiger partial charge in [-0.2, -0.15) is 0 Å². The van der Waals surface area contributed by atoms with Gasteiger partial charge in [0.2, 0.25) is 5.91 Å². The van der Waals surface area contributed by atoms with Crippen molar-refractivity contribution in [3.8, 4) is 0 Å². The normalized spacial score (nSPS) is 11.8. The van der Waals surface area contributed by atoms with Gasteiger partial charge in [0.05, 0.1) is 11.3 Å². The number of halogens is 1. The molecule has 2 heterocycles. The first-order valence-corrected chi connectivity index (χ1v) is 14.4. The first-order chi connectivity index (χ1) is 20.9. The Balaban J connectivity index is 1.35. The molecule has 5 aromatic rings. The lowest BCUT2D eigenvalue weighted by molar-refractivity contribution is -0.116. The number of amides is 3. The molecular formula is C33H25ClN4O4S. The van der Waals surface area contributed by atoms with Crippen molar-refractivity contribution in [1.82, 2.24) is 10.3 Å². The standard InChI is InChI=1S/C33H25ClN4O4S/c34-24-16-17-29(35-21-24)38-33(41)30(22-9-3-1-4-10-22)43-27-15-7-13-25(19-27)36-32(40)28(20-26-14-8-18-42-26)37-31(39)23-11-5-2-6-12-23/h1-21,30H,(H,36,40)(H,37,39)(H,35,38,41)/b28-20-. The summed E-state index contributed by atoms with van der Waals surface area (Å²) in [5.41, 5.74) is 1.67. The zero-order chi connectivity index (χ0) is 30.0. The average molecular weight is 609 g/mol. The number of nitrogens with one attached hydrogen (secondary N) is 3. The van der Waals surface area contributed by atoms with Crippen LogP contribution in [0.15, 0.2) is 137 Å². The average Bonchev–Trinajstić information content (AvgIpc) is 3.55. The number of anilines is 2. The van der Waals surface area contributed by atoms with E-state index >= 15 is 0 Å². The molecule has 0 saturated carbocycles. The van der Waals surface area contributed by atoms with E-state index in [4.69, 9.17) is 16.0 Å². The second-order valence-corrected chi connectivity index (χ2v) is 10.7.